The van der Waals surface area contributed by atoms with Crippen molar-refractivity contribution in [2.75, 3.05) is 24.6 Å². The summed E-state index contributed by atoms with van der Waals surface area (Å²) in [6.07, 6.45) is 4.97. The standard InChI is InChI=1S/C15H24N2O2S/c1-3-5-12-8-9-17(10-12)15-16-13(11-20-15)6-7-14(18)19-4-2/h11-12H,3-10H2,1-2H3. The first kappa shape index (κ1) is 15.3. The van der Waals surface area contributed by atoms with Crippen LogP contribution in [0.15, 0.2) is 5.38 Å². The van der Waals surface area contributed by atoms with Gasteiger partial charge in [-0.3, -0.25) is 4.79 Å². The molecule has 1 atom stereocenters. The summed E-state index contributed by atoms with van der Waals surface area (Å²) in [5.74, 6) is 0.693. The van der Waals surface area contributed by atoms with Crippen LogP contribution in [-0.2, 0) is 16.0 Å². The zero-order valence-electron chi connectivity index (χ0n) is 12.4. The van der Waals surface area contributed by atoms with Gasteiger partial charge in [-0.15, -0.1) is 11.3 Å². The molecule has 1 aromatic heterocycles. The van der Waals surface area contributed by atoms with Crippen molar-refractivity contribution in [3.05, 3.63) is 11.1 Å². The molecule has 0 amide bonds. The van der Waals surface area contributed by atoms with Crippen LogP contribution in [0, 0.1) is 5.92 Å². The maximum atomic E-state index is 11.3. The minimum atomic E-state index is -0.133. The molecule has 2 heterocycles. The van der Waals surface area contributed by atoms with Gasteiger partial charge in [0.2, 0.25) is 0 Å². The van der Waals surface area contributed by atoms with Gasteiger partial charge in [0.1, 0.15) is 0 Å². The predicted molar refractivity (Wildman–Crippen MR) is 82.3 cm³/mol. The van der Waals surface area contributed by atoms with Crippen molar-refractivity contribution in [2.45, 2.75) is 46.0 Å². The van der Waals surface area contributed by atoms with E-state index in [0.29, 0.717) is 19.4 Å². The number of aryl methyl sites for hydroxylation is 1. The number of aromatic nitrogens is 1. The summed E-state index contributed by atoms with van der Waals surface area (Å²) in [5.41, 5.74) is 1.01. The second-order valence-electron chi connectivity index (χ2n) is 5.32. The van der Waals surface area contributed by atoms with Gasteiger partial charge in [0.25, 0.3) is 0 Å². The summed E-state index contributed by atoms with van der Waals surface area (Å²) in [6.45, 7) is 6.79. The molecule has 0 saturated carbocycles. The SMILES string of the molecule is CCCC1CCN(c2nc(CCC(=O)OCC)cs2)C1. The molecule has 5 heteroatoms. The lowest BCUT2D eigenvalue weighted by Gasteiger charge is -2.14. The number of thiazole rings is 1. The fourth-order valence-corrected chi connectivity index (χ4v) is 3.57. The Morgan fingerprint density at radius 1 is 1.55 bits per heavy atom. The lowest BCUT2D eigenvalue weighted by molar-refractivity contribution is -0.143. The van der Waals surface area contributed by atoms with Gasteiger partial charge >= 0.3 is 5.97 Å². The van der Waals surface area contributed by atoms with Crippen LogP contribution in [-0.4, -0.2) is 30.6 Å². The first-order valence-corrected chi connectivity index (χ1v) is 8.45. The molecule has 1 aliphatic heterocycles. The Morgan fingerprint density at radius 2 is 2.40 bits per heavy atom. The maximum Gasteiger partial charge on any atom is 0.306 e. The van der Waals surface area contributed by atoms with Gasteiger partial charge in [-0.05, 0) is 25.7 Å². The van der Waals surface area contributed by atoms with Gasteiger partial charge in [0.05, 0.1) is 18.7 Å². The molecule has 0 spiro atoms. The molecule has 1 aromatic rings. The van der Waals surface area contributed by atoms with E-state index in [9.17, 15) is 4.79 Å². The first-order valence-electron chi connectivity index (χ1n) is 7.57. The van der Waals surface area contributed by atoms with Crippen LogP contribution in [0.25, 0.3) is 0 Å². The van der Waals surface area contributed by atoms with E-state index in [-0.39, 0.29) is 5.97 Å². The number of nitrogens with zero attached hydrogens (tertiary/aromatic N) is 2. The molecular formula is C15H24N2O2S. The molecule has 0 aromatic carbocycles. The number of esters is 1. The fourth-order valence-electron chi connectivity index (χ4n) is 2.67. The van der Waals surface area contributed by atoms with Crippen LogP contribution >= 0.6 is 11.3 Å². The number of rotatable bonds is 7. The van der Waals surface area contributed by atoms with Crippen molar-refractivity contribution in [1.82, 2.24) is 4.98 Å². The second kappa shape index (κ2) is 7.62. The van der Waals surface area contributed by atoms with Gasteiger partial charge in [-0.2, -0.15) is 0 Å². The molecule has 0 radical (unpaired) electrons. The van der Waals surface area contributed by atoms with Crippen LogP contribution < -0.4 is 4.90 Å². The summed E-state index contributed by atoms with van der Waals surface area (Å²) >= 11 is 1.69. The normalized spacial score (nSPS) is 18.5. The molecule has 1 unspecified atom stereocenters. The molecule has 0 aliphatic carbocycles. The molecule has 20 heavy (non-hydrogen) atoms. The molecule has 1 saturated heterocycles. The van der Waals surface area contributed by atoms with Crippen LogP contribution in [0.3, 0.4) is 0 Å². The number of hydrogen-bond donors (Lipinski definition) is 0. The Morgan fingerprint density at radius 3 is 3.15 bits per heavy atom. The Kier molecular flexibility index (Phi) is 5.83. The number of ether oxygens (including phenoxy) is 1. The third kappa shape index (κ3) is 4.20. The van der Waals surface area contributed by atoms with E-state index in [1.165, 1.54) is 19.3 Å². The minimum Gasteiger partial charge on any atom is -0.466 e. The average molecular weight is 296 g/mol. The van der Waals surface area contributed by atoms with Crippen molar-refractivity contribution in [2.24, 2.45) is 5.92 Å². The summed E-state index contributed by atoms with van der Waals surface area (Å²) in [5, 5.41) is 3.18. The molecule has 0 N–H and O–H groups in total. The van der Waals surface area contributed by atoms with E-state index in [1.807, 2.05) is 6.92 Å². The van der Waals surface area contributed by atoms with Gasteiger partial charge in [-0.25, -0.2) is 4.98 Å². The van der Waals surface area contributed by atoms with Crippen LogP contribution in [0.4, 0.5) is 5.13 Å². The topological polar surface area (TPSA) is 42.4 Å². The second-order valence-corrected chi connectivity index (χ2v) is 6.15. The Balaban J connectivity index is 1.82. The third-order valence-corrected chi connectivity index (χ3v) is 4.63. The number of anilines is 1. The minimum absolute atomic E-state index is 0.133. The molecule has 112 valence electrons. The largest absolute Gasteiger partial charge is 0.466 e. The maximum absolute atomic E-state index is 11.3. The zero-order chi connectivity index (χ0) is 14.4. The van der Waals surface area contributed by atoms with E-state index >= 15 is 0 Å². The summed E-state index contributed by atoms with van der Waals surface area (Å²) < 4.78 is 4.94. The van der Waals surface area contributed by atoms with E-state index in [4.69, 9.17) is 4.74 Å². The predicted octanol–water partition coefficient (Wildman–Crippen LogP) is 3.27. The molecule has 4 nitrogen and oxygen atoms in total. The monoisotopic (exact) mass is 296 g/mol. The zero-order valence-corrected chi connectivity index (χ0v) is 13.2. The van der Waals surface area contributed by atoms with Crippen LogP contribution in [0.2, 0.25) is 0 Å². The van der Waals surface area contributed by atoms with Crippen molar-refractivity contribution >= 4 is 22.4 Å². The highest BCUT2D eigenvalue weighted by Gasteiger charge is 2.23. The van der Waals surface area contributed by atoms with Crippen molar-refractivity contribution in [3.63, 3.8) is 0 Å². The fraction of sp³-hybridized carbons (Fsp3) is 0.733. The number of carbonyl (C=O) groups is 1. The highest BCUT2D eigenvalue weighted by molar-refractivity contribution is 7.13. The number of hydrogen-bond acceptors (Lipinski definition) is 5. The van der Waals surface area contributed by atoms with Gasteiger partial charge in [0, 0.05) is 24.9 Å². The third-order valence-electron chi connectivity index (χ3n) is 3.68. The summed E-state index contributed by atoms with van der Waals surface area (Å²) in [7, 11) is 0. The highest BCUT2D eigenvalue weighted by atomic mass is 32.1. The van der Waals surface area contributed by atoms with Crippen molar-refractivity contribution in [1.29, 1.82) is 0 Å². The first-order chi connectivity index (χ1) is 9.72. The highest BCUT2D eigenvalue weighted by Crippen LogP contribution is 2.29. The van der Waals surface area contributed by atoms with E-state index in [2.05, 4.69) is 22.2 Å². The Bertz CT molecular complexity index is 433. The quantitative estimate of drug-likeness (QED) is 0.724. The van der Waals surface area contributed by atoms with Crippen molar-refractivity contribution in [3.8, 4) is 0 Å². The summed E-state index contributed by atoms with van der Waals surface area (Å²) in [4.78, 5) is 18.4. The Labute approximate surface area is 125 Å². The van der Waals surface area contributed by atoms with Gasteiger partial charge in [0.15, 0.2) is 5.13 Å². The molecule has 1 aliphatic rings. The molecule has 2 rings (SSSR count). The molecule has 0 bridgehead atoms. The van der Waals surface area contributed by atoms with Gasteiger partial charge in [-0.1, -0.05) is 13.3 Å². The van der Waals surface area contributed by atoms with Crippen LogP contribution in [0.1, 0.15) is 45.2 Å². The van der Waals surface area contributed by atoms with E-state index < -0.39 is 0 Å². The lowest BCUT2D eigenvalue weighted by Crippen LogP contribution is -2.19. The summed E-state index contributed by atoms with van der Waals surface area (Å²) in [6, 6.07) is 0. The van der Waals surface area contributed by atoms with E-state index in [1.54, 1.807) is 11.3 Å². The molecular weight excluding hydrogens is 272 g/mol. The van der Waals surface area contributed by atoms with Crippen molar-refractivity contribution < 1.29 is 9.53 Å². The van der Waals surface area contributed by atoms with Crippen LogP contribution in [0.5, 0.6) is 0 Å². The lowest BCUT2D eigenvalue weighted by atomic mass is 10.0. The molecule has 1 fully saturated rings. The van der Waals surface area contributed by atoms with Gasteiger partial charge < -0.3 is 9.64 Å². The number of carbonyl (C=O) groups excluding carboxylic acids is 1. The average Bonchev–Trinajstić information content (AvgIpc) is 3.05. The smallest absolute Gasteiger partial charge is 0.306 e. The Hall–Kier alpha value is -1.10. The van der Waals surface area contributed by atoms with E-state index in [0.717, 1.165) is 29.8 Å².